The molecule has 2 aliphatic rings. The van der Waals surface area contributed by atoms with E-state index in [1.165, 1.54) is 0 Å². The first-order valence-electron chi connectivity index (χ1n) is 10.1. The number of amides is 1. The fourth-order valence-electron chi connectivity index (χ4n) is 4.53. The van der Waals surface area contributed by atoms with Crippen molar-refractivity contribution in [3.05, 3.63) is 54.1 Å². The number of hydrogen-bond acceptors (Lipinski definition) is 5. The summed E-state index contributed by atoms with van der Waals surface area (Å²) in [5, 5.41) is 3.42. The van der Waals surface area contributed by atoms with Crippen LogP contribution in [0.3, 0.4) is 0 Å². The maximum atomic E-state index is 12.5. The zero-order chi connectivity index (χ0) is 20.3. The van der Waals surface area contributed by atoms with Crippen LogP contribution in [0.4, 0.5) is 0 Å². The van der Waals surface area contributed by atoms with Crippen LogP contribution in [0, 0.1) is 5.41 Å². The van der Waals surface area contributed by atoms with Crippen LogP contribution in [0.1, 0.15) is 42.5 Å². The summed E-state index contributed by atoms with van der Waals surface area (Å²) in [7, 11) is 0. The number of aldehydes is 1. The smallest absolute Gasteiger partial charge is 0.234 e. The van der Waals surface area contributed by atoms with Crippen LogP contribution in [0.15, 0.2) is 53.4 Å². The molecule has 1 unspecified atom stereocenters. The molecule has 0 bridgehead atoms. The Bertz CT molecular complexity index is 876. The number of nitrogens with one attached hydrogen (secondary N) is 1. The van der Waals surface area contributed by atoms with Gasteiger partial charge in [-0.25, -0.2) is 0 Å². The van der Waals surface area contributed by atoms with Gasteiger partial charge < -0.3 is 15.8 Å². The predicted octanol–water partition coefficient (Wildman–Crippen LogP) is 4.16. The Morgan fingerprint density at radius 3 is 2.17 bits per heavy atom. The summed E-state index contributed by atoms with van der Waals surface area (Å²) >= 11 is 1.60. The molecule has 4 rings (SSSR count). The highest BCUT2D eigenvalue weighted by Gasteiger charge is 2.52. The molecule has 2 aromatic rings. The van der Waals surface area contributed by atoms with Gasteiger partial charge in [0.05, 0.1) is 4.75 Å². The average molecular weight is 411 g/mol. The van der Waals surface area contributed by atoms with Crippen LogP contribution in [-0.4, -0.2) is 30.0 Å². The van der Waals surface area contributed by atoms with Crippen molar-refractivity contribution in [1.29, 1.82) is 0 Å². The molecule has 0 aromatic heterocycles. The first-order valence-corrected chi connectivity index (χ1v) is 10.9. The van der Waals surface area contributed by atoms with Gasteiger partial charge in [-0.2, -0.15) is 0 Å². The SMILES string of the molecule is NC(=O)C1(Sc2ccc(Oc3ccc(C=O)cc3)cc2)CCC2(CCNCC2)C1. The van der Waals surface area contributed by atoms with Gasteiger partial charge in [0.1, 0.15) is 17.8 Å². The lowest BCUT2D eigenvalue weighted by Gasteiger charge is -2.35. The lowest BCUT2D eigenvalue weighted by Crippen LogP contribution is -2.42. The van der Waals surface area contributed by atoms with Crippen molar-refractivity contribution in [2.45, 2.75) is 41.7 Å². The highest BCUT2D eigenvalue weighted by Crippen LogP contribution is 2.56. The molecule has 1 saturated heterocycles. The monoisotopic (exact) mass is 410 g/mol. The van der Waals surface area contributed by atoms with Crippen molar-refractivity contribution in [2.75, 3.05) is 13.1 Å². The van der Waals surface area contributed by atoms with Gasteiger partial charge in [-0.3, -0.25) is 9.59 Å². The van der Waals surface area contributed by atoms with E-state index >= 15 is 0 Å². The summed E-state index contributed by atoms with van der Waals surface area (Å²) < 4.78 is 5.32. The second kappa shape index (κ2) is 8.20. The van der Waals surface area contributed by atoms with E-state index in [0.717, 1.165) is 56.4 Å². The largest absolute Gasteiger partial charge is 0.457 e. The number of ether oxygens (including phenoxy) is 1. The molecule has 5 nitrogen and oxygen atoms in total. The van der Waals surface area contributed by atoms with Gasteiger partial charge in [-0.05, 0) is 99.1 Å². The summed E-state index contributed by atoms with van der Waals surface area (Å²) in [4.78, 5) is 24.2. The van der Waals surface area contributed by atoms with Gasteiger partial charge >= 0.3 is 0 Å². The van der Waals surface area contributed by atoms with E-state index in [-0.39, 0.29) is 11.3 Å². The van der Waals surface area contributed by atoms with E-state index in [1.807, 2.05) is 24.3 Å². The summed E-state index contributed by atoms with van der Waals surface area (Å²) in [6.07, 6.45) is 5.83. The number of hydrogen-bond donors (Lipinski definition) is 2. The van der Waals surface area contributed by atoms with E-state index in [0.29, 0.717) is 17.1 Å². The van der Waals surface area contributed by atoms with Gasteiger partial charge in [0.15, 0.2) is 0 Å². The second-order valence-electron chi connectivity index (χ2n) is 8.15. The Morgan fingerprint density at radius 2 is 1.59 bits per heavy atom. The van der Waals surface area contributed by atoms with Crippen LogP contribution >= 0.6 is 11.8 Å². The minimum Gasteiger partial charge on any atom is -0.457 e. The molecule has 29 heavy (non-hydrogen) atoms. The number of rotatable bonds is 6. The highest BCUT2D eigenvalue weighted by atomic mass is 32.2. The quantitative estimate of drug-likeness (QED) is 0.699. The summed E-state index contributed by atoms with van der Waals surface area (Å²) in [6.45, 7) is 2.05. The maximum Gasteiger partial charge on any atom is 0.234 e. The predicted molar refractivity (Wildman–Crippen MR) is 115 cm³/mol. The second-order valence-corrected chi connectivity index (χ2v) is 9.60. The Balaban J connectivity index is 1.45. The summed E-state index contributed by atoms with van der Waals surface area (Å²) in [5.74, 6) is 1.18. The summed E-state index contributed by atoms with van der Waals surface area (Å²) in [6, 6.07) is 14.8. The third-order valence-corrected chi connectivity index (χ3v) is 7.67. The van der Waals surface area contributed by atoms with Crippen LogP contribution < -0.4 is 15.8 Å². The van der Waals surface area contributed by atoms with Crippen molar-refractivity contribution < 1.29 is 14.3 Å². The fourth-order valence-corrected chi connectivity index (χ4v) is 5.94. The Hall–Kier alpha value is -2.31. The van der Waals surface area contributed by atoms with Crippen molar-refractivity contribution in [1.82, 2.24) is 5.32 Å². The van der Waals surface area contributed by atoms with Gasteiger partial charge in [-0.15, -0.1) is 11.8 Å². The van der Waals surface area contributed by atoms with E-state index in [4.69, 9.17) is 10.5 Å². The number of carbonyl (C=O) groups excluding carboxylic acids is 2. The topological polar surface area (TPSA) is 81.4 Å². The third-order valence-electron chi connectivity index (χ3n) is 6.22. The van der Waals surface area contributed by atoms with Gasteiger partial charge in [0.25, 0.3) is 0 Å². The number of carbonyl (C=O) groups is 2. The first kappa shape index (κ1) is 20.0. The molecule has 152 valence electrons. The molecule has 0 radical (unpaired) electrons. The van der Waals surface area contributed by atoms with Crippen LogP contribution in [-0.2, 0) is 4.79 Å². The minimum absolute atomic E-state index is 0.200. The molecule has 1 saturated carbocycles. The van der Waals surface area contributed by atoms with Crippen molar-refractivity contribution in [2.24, 2.45) is 11.1 Å². The average Bonchev–Trinajstić information content (AvgIpc) is 3.09. The van der Waals surface area contributed by atoms with E-state index in [2.05, 4.69) is 5.32 Å². The first-order chi connectivity index (χ1) is 14.0. The number of thioether (sulfide) groups is 1. The minimum atomic E-state index is -0.523. The lowest BCUT2D eigenvalue weighted by atomic mass is 9.77. The van der Waals surface area contributed by atoms with Gasteiger partial charge in [0, 0.05) is 10.5 Å². The standard InChI is InChI=1S/C23H26N2O3S/c24-21(27)23(10-9-22(16-23)11-13-25-14-12-22)29-20-7-5-19(6-8-20)28-18-3-1-17(15-26)2-4-18/h1-8,15,25H,9-14,16H2,(H2,24,27). The molecule has 1 atom stereocenters. The third kappa shape index (κ3) is 4.33. The van der Waals surface area contributed by atoms with E-state index in [1.54, 1.807) is 36.0 Å². The number of nitrogens with two attached hydrogens (primary N) is 1. The number of piperidine rings is 1. The fraction of sp³-hybridized carbons (Fsp3) is 0.391. The normalized spacial score (nSPS) is 23.0. The molecular formula is C23H26N2O3S. The Morgan fingerprint density at radius 1 is 0.966 bits per heavy atom. The maximum absolute atomic E-state index is 12.5. The molecule has 1 aliphatic heterocycles. The molecule has 1 spiro atoms. The van der Waals surface area contributed by atoms with E-state index < -0.39 is 4.75 Å². The highest BCUT2D eigenvalue weighted by molar-refractivity contribution is 8.01. The molecule has 1 aliphatic carbocycles. The number of primary amides is 1. The van der Waals surface area contributed by atoms with Crippen molar-refractivity contribution in [3.63, 3.8) is 0 Å². The molecule has 1 amide bonds. The van der Waals surface area contributed by atoms with Crippen molar-refractivity contribution >= 4 is 24.0 Å². The van der Waals surface area contributed by atoms with Crippen LogP contribution in [0.25, 0.3) is 0 Å². The van der Waals surface area contributed by atoms with Gasteiger partial charge in [-0.1, -0.05) is 0 Å². The van der Waals surface area contributed by atoms with Gasteiger partial charge in [0.2, 0.25) is 5.91 Å². The Kier molecular flexibility index (Phi) is 5.65. The zero-order valence-corrected chi connectivity index (χ0v) is 17.2. The zero-order valence-electron chi connectivity index (χ0n) is 16.4. The number of benzene rings is 2. The molecule has 6 heteroatoms. The molecule has 2 aromatic carbocycles. The molecule has 2 fully saturated rings. The van der Waals surface area contributed by atoms with Crippen LogP contribution in [0.2, 0.25) is 0 Å². The lowest BCUT2D eigenvalue weighted by molar-refractivity contribution is -0.120. The molecule has 3 N–H and O–H groups in total. The molecule has 1 heterocycles. The Labute approximate surface area is 175 Å². The van der Waals surface area contributed by atoms with E-state index in [9.17, 15) is 9.59 Å². The summed E-state index contributed by atoms with van der Waals surface area (Å²) in [5.41, 5.74) is 6.77. The molecular weight excluding hydrogens is 384 g/mol. The van der Waals surface area contributed by atoms with Crippen molar-refractivity contribution in [3.8, 4) is 11.5 Å². The van der Waals surface area contributed by atoms with Crippen LogP contribution in [0.5, 0.6) is 11.5 Å².